The molecule has 52 valence electrons. The summed E-state index contributed by atoms with van der Waals surface area (Å²) in [6, 6.07) is -0.501. The molecule has 0 radical (unpaired) electrons. The van der Waals surface area contributed by atoms with Crippen LogP contribution in [0.3, 0.4) is 0 Å². The zero-order valence-corrected chi connectivity index (χ0v) is 5.02. The zero-order chi connectivity index (χ0) is 6.69. The molecule has 4 heteroatoms. The van der Waals surface area contributed by atoms with Crippen LogP contribution in [0.15, 0.2) is 0 Å². The van der Waals surface area contributed by atoms with E-state index in [4.69, 9.17) is 0 Å². The van der Waals surface area contributed by atoms with Crippen LogP contribution in [0.5, 0.6) is 0 Å². The molecule has 1 heterocycles. The molecular formula is C5H9N2O2-. The molecule has 1 saturated heterocycles. The fourth-order valence-corrected chi connectivity index (χ4v) is 0.839. The van der Waals surface area contributed by atoms with Gasteiger partial charge in [0.15, 0.2) is 0 Å². The van der Waals surface area contributed by atoms with Gasteiger partial charge in [-0.2, -0.15) is 0 Å². The Hall–Kier alpha value is -0.610. The van der Waals surface area contributed by atoms with Crippen LogP contribution in [-0.2, 0) is 4.79 Å². The number of rotatable bonds is 1. The number of hydrazine groups is 1. The largest absolute Gasteiger partial charge is 0.548 e. The van der Waals surface area contributed by atoms with Crippen molar-refractivity contribution < 1.29 is 9.90 Å². The molecule has 0 aromatic heterocycles. The Labute approximate surface area is 53.2 Å². The molecular weight excluding hydrogens is 120 g/mol. The Morgan fingerprint density at radius 3 is 2.78 bits per heavy atom. The van der Waals surface area contributed by atoms with E-state index in [1.165, 1.54) is 0 Å². The van der Waals surface area contributed by atoms with Gasteiger partial charge in [-0.3, -0.25) is 5.43 Å². The second kappa shape index (κ2) is 2.80. The minimum Gasteiger partial charge on any atom is -0.548 e. The molecule has 9 heavy (non-hydrogen) atoms. The highest BCUT2D eigenvalue weighted by atomic mass is 16.4. The summed E-state index contributed by atoms with van der Waals surface area (Å²) in [5.74, 6) is -1.03. The molecule has 1 atom stereocenters. The molecule has 4 nitrogen and oxygen atoms in total. The van der Waals surface area contributed by atoms with E-state index in [2.05, 4.69) is 10.9 Å². The van der Waals surface area contributed by atoms with Gasteiger partial charge in [0.25, 0.3) is 0 Å². The second-order valence-corrected chi connectivity index (χ2v) is 2.08. The summed E-state index contributed by atoms with van der Waals surface area (Å²) in [7, 11) is 0. The van der Waals surface area contributed by atoms with E-state index in [9.17, 15) is 9.90 Å². The lowest BCUT2D eigenvalue weighted by Crippen LogP contribution is -2.54. The maximum absolute atomic E-state index is 10.1. The van der Waals surface area contributed by atoms with Crippen LogP contribution in [0.1, 0.15) is 12.8 Å². The van der Waals surface area contributed by atoms with Gasteiger partial charge in [-0.15, -0.1) is 0 Å². The van der Waals surface area contributed by atoms with Crippen LogP contribution >= 0.6 is 0 Å². The SMILES string of the molecule is O=C([O-])[C@@H]1CCCNN1. The fourth-order valence-electron chi connectivity index (χ4n) is 0.839. The van der Waals surface area contributed by atoms with Gasteiger partial charge in [0.2, 0.25) is 0 Å². The van der Waals surface area contributed by atoms with Gasteiger partial charge in [-0.25, -0.2) is 5.43 Å². The standard InChI is InChI=1S/C5H10N2O2/c8-5(9)4-2-1-3-6-7-4/h4,6-7H,1-3H2,(H,8,9)/p-1/t4-/m0/s1. The van der Waals surface area contributed by atoms with Gasteiger partial charge in [-0.1, -0.05) is 0 Å². The summed E-state index contributed by atoms with van der Waals surface area (Å²) in [4.78, 5) is 10.1. The van der Waals surface area contributed by atoms with Gasteiger partial charge in [-0.05, 0) is 12.8 Å². The highest BCUT2D eigenvalue weighted by Crippen LogP contribution is 1.97. The molecule has 1 fully saturated rings. The fraction of sp³-hybridized carbons (Fsp3) is 0.800. The van der Waals surface area contributed by atoms with Gasteiger partial charge in [0.1, 0.15) is 0 Å². The monoisotopic (exact) mass is 129 g/mol. The molecule has 2 N–H and O–H groups in total. The first kappa shape index (κ1) is 6.51. The number of carbonyl (C=O) groups excluding carboxylic acids is 1. The number of hydrogen-bond donors (Lipinski definition) is 2. The topological polar surface area (TPSA) is 64.2 Å². The van der Waals surface area contributed by atoms with Crippen molar-refractivity contribution in [3.05, 3.63) is 0 Å². The summed E-state index contributed by atoms with van der Waals surface area (Å²) in [6.45, 7) is 0.837. The molecule has 0 amide bonds. The molecule has 0 aromatic rings. The van der Waals surface area contributed by atoms with Crippen LogP contribution < -0.4 is 16.0 Å². The number of nitrogens with one attached hydrogen (secondary N) is 2. The Morgan fingerprint density at radius 1 is 1.67 bits per heavy atom. The molecule has 1 rings (SSSR count). The zero-order valence-electron chi connectivity index (χ0n) is 5.02. The predicted molar refractivity (Wildman–Crippen MR) is 29.2 cm³/mol. The first-order valence-corrected chi connectivity index (χ1v) is 3.00. The maximum Gasteiger partial charge on any atom is 0.0608 e. The molecule has 0 bridgehead atoms. The Kier molecular flexibility index (Phi) is 2.02. The molecule has 0 aliphatic carbocycles. The average Bonchev–Trinajstić information content (AvgIpc) is 1.90. The lowest BCUT2D eigenvalue weighted by molar-refractivity contribution is -0.309. The number of carbonyl (C=O) groups is 1. The summed E-state index contributed by atoms with van der Waals surface area (Å²) in [6.07, 6.45) is 1.56. The van der Waals surface area contributed by atoms with Crippen LogP contribution in [0.2, 0.25) is 0 Å². The number of carboxylic acids is 1. The van der Waals surface area contributed by atoms with Crippen LogP contribution in [0.4, 0.5) is 0 Å². The molecule has 0 aromatic carbocycles. The minimum absolute atomic E-state index is 0.501. The second-order valence-electron chi connectivity index (χ2n) is 2.08. The summed E-state index contributed by atoms with van der Waals surface area (Å²) in [5.41, 5.74) is 5.35. The van der Waals surface area contributed by atoms with E-state index in [1.54, 1.807) is 0 Å². The third kappa shape index (κ3) is 1.65. The van der Waals surface area contributed by atoms with Crippen LogP contribution in [0, 0.1) is 0 Å². The van der Waals surface area contributed by atoms with E-state index in [1.807, 2.05) is 0 Å². The highest BCUT2D eigenvalue weighted by molar-refractivity contribution is 5.71. The Balaban J connectivity index is 2.31. The Bertz CT molecular complexity index is 110. The quantitative estimate of drug-likeness (QED) is 0.429. The van der Waals surface area contributed by atoms with Gasteiger partial charge in [0, 0.05) is 6.54 Å². The maximum atomic E-state index is 10.1. The van der Waals surface area contributed by atoms with Crippen molar-refractivity contribution >= 4 is 5.97 Å². The van der Waals surface area contributed by atoms with Crippen molar-refractivity contribution in [2.45, 2.75) is 18.9 Å². The summed E-state index contributed by atoms with van der Waals surface area (Å²) in [5, 5.41) is 10.1. The van der Waals surface area contributed by atoms with E-state index < -0.39 is 12.0 Å². The van der Waals surface area contributed by atoms with Gasteiger partial charge in [0.05, 0.1) is 12.0 Å². The van der Waals surface area contributed by atoms with E-state index in [-0.39, 0.29) is 0 Å². The third-order valence-corrected chi connectivity index (χ3v) is 1.36. The first-order chi connectivity index (χ1) is 4.30. The van der Waals surface area contributed by atoms with Crippen molar-refractivity contribution in [3.8, 4) is 0 Å². The minimum atomic E-state index is -1.03. The number of aliphatic carboxylic acids is 1. The molecule has 0 unspecified atom stereocenters. The van der Waals surface area contributed by atoms with E-state index >= 15 is 0 Å². The highest BCUT2D eigenvalue weighted by Gasteiger charge is 2.11. The van der Waals surface area contributed by atoms with Crippen molar-refractivity contribution in [1.82, 2.24) is 10.9 Å². The van der Waals surface area contributed by atoms with Crippen molar-refractivity contribution in [2.75, 3.05) is 6.54 Å². The first-order valence-electron chi connectivity index (χ1n) is 3.00. The average molecular weight is 129 g/mol. The van der Waals surface area contributed by atoms with Crippen molar-refractivity contribution in [2.24, 2.45) is 0 Å². The van der Waals surface area contributed by atoms with Crippen LogP contribution in [0.25, 0.3) is 0 Å². The van der Waals surface area contributed by atoms with E-state index in [0.29, 0.717) is 6.42 Å². The lowest BCUT2D eigenvalue weighted by atomic mass is 10.1. The number of carboxylic acid groups (broad SMARTS) is 1. The van der Waals surface area contributed by atoms with Crippen molar-refractivity contribution in [3.63, 3.8) is 0 Å². The van der Waals surface area contributed by atoms with Gasteiger partial charge >= 0.3 is 0 Å². The Morgan fingerprint density at radius 2 is 2.44 bits per heavy atom. The summed E-state index contributed by atoms with van der Waals surface area (Å²) >= 11 is 0. The summed E-state index contributed by atoms with van der Waals surface area (Å²) < 4.78 is 0. The molecule has 1 aliphatic heterocycles. The van der Waals surface area contributed by atoms with Gasteiger partial charge < -0.3 is 9.90 Å². The van der Waals surface area contributed by atoms with E-state index in [0.717, 1.165) is 13.0 Å². The van der Waals surface area contributed by atoms with Crippen molar-refractivity contribution in [1.29, 1.82) is 0 Å². The number of hydrogen-bond acceptors (Lipinski definition) is 4. The normalized spacial score (nSPS) is 27.8. The lowest BCUT2D eigenvalue weighted by Gasteiger charge is -2.24. The molecule has 0 spiro atoms. The smallest absolute Gasteiger partial charge is 0.0608 e. The predicted octanol–water partition coefficient (Wildman–Crippen LogP) is -2.01. The molecule has 0 saturated carbocycles. The third-order valence-electron chi connectivity index (χ3n) is 1.36. The molecule has 1 aliphatic rings. The van der Waals surface area contributed by atoms with Crippen LogP contribution in [-0.4, -0.2) is 18.6 Å².